The molecule has 204 valence electrons. The van der Waals surface area contributed by atoms with Crippen LogP contribution in [0.4, 0.5) is 0 Å². The lowest BCUT2D eigenvalue weighted by molar-refractivity contribution is -0.0492. The second kappa shape index (κ2) is 7.91. The van der Waals surface area contributed by atoms with E-state index in [1.165, 1.54) is 0 Å². The van der Waals surface area contributed by atoms with Crippen molar-refractivity contribution in [3.8, 4) is 0 Å². The summed E-state index contributed by atoms with van der Waals surface area (Å²) >= 11 is 0. The Kier molecular flexibility index (Phi) is 6.71. The second-order valence-electron chi connectivity index (χ2n) is 19.3. The maximum absolute atomic E-state index is 14.3. The Hall–Kier alpha value is 1.70. The van der Waals surface area contributed by atoms with Crippen molar-refractivity contribution in [3.63, 3.8) is 0 Å². The predicted octanol–water partition coefficient (Wildman–Crippen LogP) is 8.20. The highest BCUT2D eigenvalue weighted by molar-refractivity contribution is 8.29. The summed E-state index contributed by atoms with van der Waals surface area (Å²) < 4.78 is 0. The van der Waals surface area contributed by atoms with Crippen LogP contribution < -0.4 is 0 Å². The van der Waals surface area contributed by atoms with Gasteiger partial charge in [0, 0.05) is 37.0 Å². The lowest BCUT2D eigenvalue weighted by Gasteiger charge is -2.89. The van der Waals surface area contributed by atoms with E-state index in [9.17, 15) is 4.80 Å². The van der Waals surface area contributed by atoms with Crippen molar-refractivity contribution >= 4 is 58.1 Å². The molecule has 4 aliphatic carbocycles. The molecule has 1 nitrogen and oxygen atoms in total. The van der Waals surface area contributed by atoms with Crippen LogP contribution in [0.3, 0.4) is 0 Å². The summed E-state index contributed by atoms with van der Waals surface area (Å²) in [7, 11) is -10.1. The molecule has 4 saturated carbocycles. The first kappa shape index (κ1) is 29.7. The average molecular weight is 615 g/mol. The molecule has 1 saturated heterocycles. The summed E-state index contributed by atoms with van der Waals surface area (Å²) in [5, 5.41) is 0.908. The van der Waals surface area contributed by atoms with Gasteiger partial charge in [0.15, 0.2) is 7.35 Å². The van der Waals surface area contributed by atoms with Gasteiger partial charge in [-0.1, -0.05) is 98.2 Å². The number of hydrogen-bond donors (Lipinski definition) is 1. The van der Waals surface area contributed by atoms with Crippen LogP contribution in [0.25, 0.3) is 0 Å². The lowest BCUT2D eigenvalue weighted by atomic mass is 9.50. The number of hydrogen-bond acceptors (Lipinski definition) is 1. The van der Waals surface area contributed by atoms with Gasteiger partial charge in [0.05, 0.1) is 13.7 Å². The van der Waals surface area contributed by atoms with Gasteiger partial charge >= 0.3 is 0 Å². The molecule has 5 fully saturated rings. The summed E-state index contributed by atoms with van der Waals surface area (Å²) in [6, 6.07) is 0. The summed E-state index contributed by atoms with van der Waals surface area (Å²) in [6.07, 6.45) is 7.51. The monoisotopic (exact) mass is 614 g/mol. The summed E-state index contributed by atoms with van der Waals surface area (Å²) in [5.74, 6) is 3.06. The van der Waals surface area contributed by atoms with E-state index in [0.29, 0.717) is 5.41 Å². The van der Waals surface area contributed by atoms with Crippen molar-refractivity contribution in [1.82, 2.24) is 0 Å². The molecule has 0 spiro atoms. The zero-order chi connectivity index (χ0) is 27.1. The van der Waals surface area contributed by atoms with Crippen LogP contribution in [0.1, 0.15) is 38.5 Å². The van der Waals surface area contributed by atoms with Crippen molar-refractivity contribution < 1.29 is 4.80 Å². The first-order chi connectivity index (χ1) is 15.4. The maximum atomic E-state index is 14.3. The molecule has 0 radical (unpaired) electrons. The van der Waals surface area contributed by atoms with E-state index in [-0.39, 0.29) is 0 Å². The predicted molar refractivity (Wildman–Crippen MR) is 181 cm³/mol. The first-order valence-electron chi connectivity index (χ1n) is 15.1. The van der Waals surface area contributed by atoms with Gasteiger partial charge in [0.1, 0.15) is 0 Å². The fraction of sp³-hybridized carbons (Fsp3) is 1.00. The topological polar surface area (TPSA) is 20.2 Å². The van der Waals surface area contributed by atoms with E-state index in [1.54, 1.807) is 38.5 Å². The van der Waals surface area contributed by atoms with Gasteiger partial charge in [0.25, 0.3) is 0 Å². The SMILES string of the molecule is C[Si](C)(C)[Si]1(O)C(C23CC4CC(CC(C4)C2)C3)[Si]([Si](C)(C)C)([Si](C)(C)C)[Si]1([Si](C)(C)C)[Si](C)(C)C. The Labute approximate surface area is 226 Å². The standard InChI is InChI=1S/C26H62OSi8/c1-28(2,3)33(27)25(26-19-22-16-23(20-26)18-24(17-22)21-26)34(29(4,5)6,30(7,8)9)35(33,31(10,11)12)32(13,14)15/h22-25,27H,16-21H2,1-15H3. The molecule has 0 amide bonds. The fourth-order valence-corrected chi connectivity index (χ4v) is 423. The van der Waals surface area contributed by atoms with Crippen LogP contribution in [-0.2, 0) is 0 Å². The normalized spacial score (nSPS) is 41.1. The molecule has 2 unspecified atom stereocenters. The Bertz CT molecular complexity index is 803. The molecule has 1 heterocycles. The minimum Gasteiger partial charge on any atom is -0.438 e. The zero-order valence-electron chi connectivity index (χ0n) is 26.5. The van der Waals surface area contributed by atoms with Crippen LogP contribution in [0.5, 0.6) is 0 Å². The van der Waals surface area contributed by atoms with Crippen LogP contribution in [-0.4, -0.2) is 62.9 Å². The molecule has 1 N–H and O–H groups in total. The third kappa shape index (κ3) is 3.37. The van der Waals surface area contributed by atoms with Gasteiger partial charge in [-0.15, -0.1) is 0 Å². The largest absolute Gasteiger partial charge is 0.438 e. The van der Waals surface area contributed by atoms with Crippen molar-refractivity contribution in [2.24, 2.45) is 23.2 Å². The van der Waals surface area contributed by atoms with Gasteiger partial charge in [-0.2, -0.15) is 0 Å². The van der Waals surface area contributed by atoms with E-state index >= 15 is 0 Å². The average Bonchev–Trinajstić information content (AvgIpc) is 2.51. The molecule has 1 aliphatic heterocycles. The molecule has 0 aromatic rings. The highest BCUT2D eigenvalue weighted by Crippen LogP contribution is 2.77. The molecule has 2 atom stereocenters. The highest BCUT2D eigenvalue weighted by atomic mass is 30.4. The Balaban J connectivity index is 2.18. The third-order valence-corrected chi connectivity index (χ3v) is 208. The molecule has 0 aromatic heterocycles. The fourth-order valence-electron chi connectivity index (χ4n) is 14.0. The second-order valence-corrected chi connectivity index (χ2v) is 106. The van der Waals surface area contributed by atoms with Crippen LogP contribution >= 0.6 is 0 Å². The van der Waals surface area contributed by atoms with Gasteiger partial charge in [-0.25, -0.2) is 0 Å². The molecule has 0 aromatic carbocycles. The minimum absolute atomic E-state index is 0.582. The smallest absolute Gasteiger partial charge is 0.157 e. The Morgan fingerprint density at radius 2 is 0.829 bits per heavy atom. The molecule has 4 bridgehead atoms. The first-order valence-corrected chi connectivity index (χ1v) is 45.7. The quantitative estimate of drug-likeness (QED) is 0.299. The Morgan fingerprint density at radius 3 is 1.06 bits per heavy atom. The maximum Gasteiger partial charge on any atom is 0.157 e. The Morgan fingerprint density at radius 1 is 0.514 bits per heavy atom. The van der Waals surface area contributed by atoms with E-state index in [0.717, 1.165) is 22.9 Å². The van der Waals surface area contributed by atoms with Gasteiger partial charge in [-0.05, 0) is 66.9 Å². The van der Waals surface area contributed by atoms with Crippen LogP contribution in [0, 0.1) is 23.2 Å². The molecule has 35 heavy (non-hydrogen) atoms. The third-order valence-electron chi connectivity index (χ3n) is 12.5. The molecule has 5 aliphatic rings. The lowest BCUT2D eigenvalue weighted by Crippen LogP contribution is -3.17. The number of rotatable bonds is 6. The van der Waals surface area contributed by atoms with E-state index in [1.807, 2.05) is 0 Å². The zero-order valence-corrected chi connectivity index (χ0v) is 34.5. The highest BCUT2D eigenvalue weighted by Gasteiger charge is 2.96. The van der Waals surface area contributed by atoms with Gasteiger partial charge in [0.2, 0.25) is 0 Å². The van der Waals surface area contributed by atoms with E-state index in [4.69, 9.17) is 0 Å². The summed E-state index contributed by atoms with van der Waals surface area (Å²) in [5.41, 5.74) is 0.582. The van der Waals surface area contributed by atoms with Crippen molar-refractivity contribution in [1.29, 1.82) is 0 Å². The van der Waals surface area contributed by atoms with Crippen LogP contribution in [0.15, 0.2) is 0 Å². The van der Waals surface area contributed by atoms with Crippen molar-refractivity contribution in [2.75, 3.05) is 0 Å². The minimum atomic E-state index is -2.39. The van der Waals surface area contributed by atoms with E-state index < -0.39 is 58.1 Å². The van der Waals surface area contributed by atoms with Crippen LogP contribution in [0.2, 0.25) is 103 Å². The molecular formula is C26H62OSi8. The molecular weight excluding hydrogens is 553 g/mol. The molecule has 5 rings (SSSR count). The van der Waals surface area contributed by atoms with E-state index in [2.05, 4.69) is 98.2 Å². The van der Waals surface area contributed by atoms with Gasteiger partial charge in [-0.3, -0.25) is 0 Å². The van der Waals surface area contributed by atoms with Crippen molar-refractivity contribution in [3.05, 3.63) is 0 Å². The van der Waals surface area contributed by atoms with Crippen molar-refractivity contribution in [2.45, 2.75) is 142 Å². The summed E-state index contributed by atoms with van der Waals surface area (Å²) in [6.45, 7) is 40.9. The summed E-state index contributed by atoms with van der Waals surface area (Å²) in [4.78, 5) is 14.3. The van der Waals surface area contributed by atoms with Gasteiger partial charge < -0.3 is 4.80 Å². The molecule has 9 heteroatoms.